The highest BCUT2D eigenvalue weighted by atomic mass is 32.2. The molecule has 0 aliphatic carbocycles. The molecule has 0 aromatic heterocycles. The van der Waals surface area contributed by atoms with Crippen molar-refractivity contribution in [1.82, 2.24) is 4.31 Å². The first-order valence-corrected chi connectivity index (χ1v) is 9.88. The minimum absolute atomic E-state index is 0.0711. The first-order valence-electron chi connectivity index (χ1n) is 8.38. The van der Waals surface area contributed by atoms with Crippen molar-refractivity contribution in [2.24, 2.45) is 5.14 Å². The van der Waals surface area contributed by atoms with Gasteiger partial charge in [-0.1, -0.05) is 19.3 Å². The SMILES string of the molecule is NS(=O)(=O)N1C2CCCCCCC(=O)CCCC(=O)OCCC21. The highest BCUT2D eigenvalue weighted by molar-refractivity contribution is 7.87. The van der Waals surface area contributed by atoms with E-state index in [0.29, 0.717) is 25.7 Å². The predicted octanol–water partition coefficient (Wildman–Crippen LogP) is 1.27. The number of rotatable bonds is 1. The highest BCUT2D eigenvalue weighted by Gasteiger charge is 2.52. The van der Waals surface area contributed by atoms with E-state index in [1.807, 2.05) is 0 Å². The molecule has 0 aromatic rings. The lowest BCUT2D eigenvalue weighted by atomic mass is 10.0. The number of carbonyl (C=O) groups is 2. The smallest absolute Gasteiger partial charge is 0.305 e. The second-order valence-corrected chi connectivity index (χ2v) is 7.82. The Labute approximate surface area is 137 Å². The molecule has 2 heterocycles. The zero-order valence-corrected chi connectivity index (χ0v) is 14.2. The second-order valence-electron chi connectivity index (χ2n) is 6.36. The molecule has 0 spiro atoms. The van der Waals surface area contributed by atoms with Crippen LogP contribution in [-0.4, -0.2) is 43.2 Å². The molecule has 0 aromatic carbocycles. The number of carbonyl (C=O) groups excluding carboxylic acids is 2. The largest absolute Gasteiger partial charge is 0.466 e. The van der Waals surface area contributed by atoms with Crippen molar-refractivity contribution in [2.75, 3.05) is 6.61 Å². The van der Waals surface area contributed by atoms with Crippen molar-refractivity contribution in [1.29, 1.82) is 0 Å². The molecule has 2 aliphatic rings. The fraction of sp³-hybridized carbons (Fsp3) is 0.867. The maximum atomic E-state index is 11.7. The Kier molecular flexibility index (Phi) is 6.55. The molecule has 2 saturated heterocycles. The number of hydrogen-bond acceptors (Lipinski definition) is 5. The molecule has 3 unspecified atom stereocenters. The summed E-state index contributed by atoms with van der Waals surface area (Å²) in [5.41, 5.74) is 0. The average molecular weight is 346 g/mol. The van der Waals surface area contributed by atoms with E-state index >= 15 is 0 Å². The second kappa shape index (κ2) is 8.21. The lowest BCUT2D eigenvalue weighted by molar-refractivity contribution is -0.143. The summed E-state index contributed by atoms with van der Waals surface area (Å²) in [7, 11) is -3.69. The predicted molar refractivity (Wildman–Crippen MR) is 84.7 cm³/mol. The van der Waals surface area contributed by atoms with Gasteiger partial charge in [0.2, 0.25) is 0 Å². The number of nitrogens with two attached hydrogens (primary N) is 1. The summed E-state index contributed by atoms with van der Waals surface area (Å²) in [5.74, 6) is -0.128. The van der Waals surface area contributed by atoms with Gasteiger partial charge in [-0.15, -0.1) is 0 Å². The summed E-state index contributed by atoms with van der Waals surface area (Å²) in [6.07, 6.45) is 6.73. The minimum atomic E-state index is -3.69. The number of nitrogens with zero attached hydrogens (tertiary/aromatic N) is 1. The van der Waals surface area contributed by atoms with Crippen molar-refractivity contribution < 1.29 is 22.7 Å². The van der Waals surface area contributed by atoms with E-state index < -0.39 is 10.2 Å². The van der Waals surface area contributed by atoms with Crippen molar-refractivity contribution >= 4 is 22.0 Å². The zero-order valence-electron chi connectivity index (χ0n) is 13.4. The van der Waals surface area contributed by atoms with E-state index in [1.54, 1.807) is 0 Å². The van der Waals surface area contributed by atoms with Crippen LogP contribution in [0.5, 0.6) is 0 Å². The fourth-order valence-corrected chi connectivity index (χ4v) is 4.47. The summed E-state index contributed by atoms with van der Waals surface area (Å²) in [6.45, 7) is 0.194. The Morgan fingerprint density at radius 1 is 0.913 bits per heavy atom. The van der Waals surface area contributed by atoms with Crippen molar-refractivity contribution in [2.45, 2.75) is 76.3 Å². The number of ketones is 1. The quantitative estimate of drug-likeness (QED) is 0.568. The van der Waals surface area contributed by atoms with E-state index in [9.17, 15) is 18.0 Å². The molecule has 0 radical (unpaired) electrons. The Balaban J connectivity index is 1.88. The van der Waals surface area contributed by atoms with Gasteiger partial charge < -0.3 is 4.74 Å². The van der Waals surface area contributed by atoms with Gasteiger partial charge in [-0.2, -0.15) is 12.7 Å². The van der Waals surface area contributed by atoms with Crippen LogP contribution in [0, 0.1) is 0 Å². The van der Waals surface area contributed by atoms with Gasteiger partial charge in [0.15, 0.2) is 0 Å². The normalized spacial score (nSPS) is 32.0. The summed E-state index contributed by atoms with van der Waals surface area (Å²) >= 11 is 0. The van der Waals surface area contributed by atoms with Crippen LogP contribution in [0.4, 0.5) is 0 Å². The number of fused-ring (bicyclic) bond motifs is 1. The Bertz CT molecular complexity index is 534. The molecule has 2 rings (SSSR count). The summed E-state index contributed by atoms with van der Waals surface area (Å²) in [6, 6.07) is -0.217. The standard InChI is InChI=1S/C15H26N2O5S/c16-23(20,21)17-13-8-4-2-1-3-6-12(18)7-5-9-15(19)22-11-10-14(13)17/h13-14H,1-11H2,(H2,16,20,21). The first kappa shape index (κ1) is 18.4. The topological polar surface area (TPSA) is 107 Å². The molecule has 0 saturated carbocycles. The van der Waals surface area contributed by atoms with E-state index in [2.05, 4.69) is 0 Å². The molecule has 8 heteroatoms. The molecule has 23 heavy (non-hydrogen) atoms. The van der Waals surface area contributed by atoms with E-state index in [0.717, 1.165) is 32.1 Å². The van der Waals surface area contributed by atoms with Gasteiger partial charge in [0.1, 0.15) is 5.78 Å². The average Bonchev–Trinajstić information content (AvgIpc) is 3.15. The Morgan fingerprint density at radius 2 is 1.57 bits per heavy atom. The van der Waals surface area contributed by atoms with Gasteiger partial charge in [0.25, 0.3) is 10.2 Å². The number of cyclic esters (lactones) is 1. The molecular weight excluding hydrogens is 320 g/mol. The zero-order chi connectivity index (χ0) is 16.9. The lowest BCUT2D eigenvalue weighted by Crippen LogP contribution is -2.24. The van der Waals surface area contributed by atoms with Crippen LogP contribution in [0.1, 0.15) is 64.2 Å². The Morgan fingerprint density at radius 3 is 2.30 bits per heavy atom. The van der Waals surface area contributed by atoms with E-state index in [-0.39, 0.29) is 36.9 Å². The van der Waals surface area contributed by atoms with Crippen LogP contribution in [0.2, 0.25) is 0 Å². The molecule has 7 nitrogen and oxygen atoms in total. The first-order chi connectivity index (χ1) is 10.9. The van der Waals surface area contributed by atoms with Crippen molar-refractivity contribution in [3.8, 4) is 0 Å². The number of ether oxygens (including phenoxy) is 1. The maximum absolute atomic E-state index is 11.7. The van der Waals surface area contributed by atoms with Gasteiger partial charge in [0.05, 0.1) is 6.61 Å². The van der Waals surface area contributed by atoms with Crippen LogP contribution < -0.4 is 5.14 Å². The summed E-state index contributed by atoms with van der Waals surface area (Å²) < 4.78 is 29.5. The van der Waals surface area contributed by atoms with Gasteiger partial charge in [-0.25, -0.2) is 5.14 Å². The van der Waals surface area contributed by atoms with Crippen LogP contribution >= 0.6 is 0 Å². The molecule has 2 aliphatic heterocycles. The number of esters is 1. The lowest BCUT2D eigenvalue weighted by Gasteiger charge is -2.05. The monoisotopic (exact) mass is 346 g/mol. The van der Waals surface area contributed by atoms with Gasteiger partial charge in [-0.3, -0.25) is 9.59 Å². The van der Waals surface area contributed by atoms with Crippen LogP contribution in [-0.2, 0) is 24.5 Å². The minimum Gasteiger partial charge on any atom is -0.466 e. The van der Waals surface area contributed by atoms with E-state index in [4.69, 9.17) is 9.88 Å². The van der Waals surface area contributed by atoms with Gasteiger partial charge >= 0.3 is 5.97 Å². The number of Topliss-reactive ketones (excluding diaryl/α,β-unsaturated/α-hetero) is 1. The third kappa shape index (κ3) is 5.86. The third-order valence-corrected chi connectivity index (χ3v) is 5.65. The molecular formula is C15H26N2O5S. The van der Waals surface area contributed by atoms with E-state index in [1.165, 1.54) is 4.31 Å². The number of hydrogen-bond donors (Lipinski definition) is 1. The van der Waals surface area contributed by atoms with Crippen LogP contribution in [0.25, 0.3) is 0 Å². The highest BCUT2D eigenvalue weighted by Crippen LogP contribution is 2.37. The molecule has 0 amide bonds. The van der Waals surface area contributed by atoms with Crippen LogP contribution in [0.15, 0.2) is 0 Å². The third-order valence-electron chi connectivity index (χ3n) is 4.52. The molecule has 2 fully saturated rings. The van der Waals surface area contributed by atoms with Gasteiger partial charge in [0, 0.05) is 31.3 Å². The molecule has 2 N–H and O–H groups in total. The van der Waals surface area contributed by atoms with Gasteiger partial charge in [-0.05, 0) is 25.7 Å². The van der Waals surface area contributed by atoms with Crippen LogP contribution in [0.3, 0.4) is 0 Å². The molecule has 0 bridgehead atoms. The maximum Gasteiger partial charge on any atom is 0.305 e. The van der Waals surface area contributed by atoms with Crippen molar-refractivity contribution in [3.63, 3.8) is 0 Å². The summed E-state index contributed by atoms with van der Waals surface area (Å²) in [4.78, 5) is 23.2. The summed E-state index contributed by atoms with van der Waals surface area (Å²) in [5, 5.41) is 5.23. The fourth-order valence-electron chi connectivity index (χ4n) is 3.28. The van der Waals surface area contributed by atoms with Crippen molar-refractivity contribution in [3.05, 3.63) is 0 Å². The molecule has 3 atom stereocenters. The molecule has 132 valence electrons. The Hall–Kier alpha value is -0.990.